The van der Waals surface area contributed by atoms with E-state index in [9.17, 15) is 15.0 Å². The summed E-state index contributed by atoms with van der Waals surface area (Å²) in [6, 6.07) is 3.65. The predicted molar refractivity (Wildman–Crippen MR) is 60.9 cm³/mol. The number of likely N-dealkylation sites (tertiary alicyclic amines) is 1. The highest BCUT2D eigenvalue weighted by atomic mass is 16.3. The molecule has 5 heteroatoms. The Bertz CT molecular complexity index is 433. The van der Waals surface area contributed by atoms with Crippen LogP contribution < -0.4 is 0 Å². The normalized spacial score (nSPS) is 19.6. The second-order valence-corrected chi connectivity index (χ2v) is 4.18. The van der Waals surface area contributed by atoms with Crippen molar-refractivity contribution in [2.75, 3.05) is 13.2 Å². The first-order valence-electron chi connectivity index (χ1n) is 5.57. The lowest BCUT2D eigenvalue weighted by Gasteiger charge is -2.23. The van der Waals surface area contributed by atoms with E-state index in [4.69, 9.17) is 5.11 Å². The largest absolute Gasteiger partial charge is 0.508 e. The van der Waals surface area contributed by atoms with Crippen LogP contribution in [0.2, 0.25) is 0 Å². The number of hydrogen-bond donors (Lipinski definition) is 3. The quantitative estimate of drug-likeness (QED) is 0.661. The fraction of sp³-hybridized carbons (Fsp3) is 0.417. The Balaban J connectivity index is 2.27. The standard InChI is InChI=1S/C12H15NO4/c14-7-8-2-1-5-13(8)12(17)10-6-9(15)3-4-11(10)16/h3-4,6,8,14-16H,1-2,5,7H2/t8-/m1/s1. The fourth-order valence-electron chi connectivity index (χ4n) is 2.14. The molecule has 1 amide bonds. The second kappa shape index (κ2) is 4.63. The molecule has 1 aromatic rings. The zero-order chi connectivity index (χ0) is 12.4. The number of phenolic OH excluding ortho intramolecular Hbond substituents is 2. The van der Waals surface area contributed by atoms with Crippen LogP contribution in [0.4, 0.5) is 0 Å². The first-order chi connectivity index (χ1) is 8.13. The van der Waals surface area contributed by atoms with Crippen molar-refractivity contribution in [1.82, 2.24) is 4.90 Å². The van der Waals surface area contributed by atoms with E-state index >= 15 is 0 Å². The van der Waals surface area contributed by atoms with Crippen molar-refractivity contribution in [1.29, 1.82) is 0 Å². The van der Waals surface area contributed by atoms with Gasteiger partial charge in [0, 0.05) is 6.54 Å². The van der Waals surface area contributed by atoms with Crippen LogP contribution >= 0.6 is 0 Å². The van der Waals surface area contributed by atoms with Crippen LogP contribution in [0.5, 0.6) is 11.5 Å². The summed E-state index contributed by atoms with van der Waals surface area (Å²) in [6.07, 6.45) is 1.61. The van der Waals surface area contributed by atoms with Gasteiger partial charge in [0.05, 0.1) is 18.2 Å². The summed E-state index contributed by atoms with van der Waals surface area (Å²) in [5, 5.41) is 28.1. The minimum absolute atomic E-state index is 0.0640. The van der Waals surface area contributed by atoms with Crippen molar-refractivity contribution in [3.8, 4) is 11.5 Å². The van der Waals surface area contributed by atoms with Crippen molar-refractivity contribution in [3.63, 3.8) is 0 Å². The molecule has 1 saturated heterocycles. The molecule has 0 aliphatic carbocycles. The Morgan fingerprint density at radius 2 is 2.18 bits per heavy atom. The van der Waals surface area contributed by atoms with E-state index in [0.29, 0.717) is 6.54 Å². The number of phenols is 2. The van der Waals surface area contributed by atoms with Crippen LogP contribution in [-0.2, 0) is 0 Å². The monoisotopic (exact) mass is 237 g/mol. The predicted octanol–water partition coefficient (Wildman–Crippen LogP) is 0.695. The maximum atomic E-state index is 12.1. The summed E-state index contributed by atoms with van der Waals surface area (Å²) in [4.78, 5) is 13.7. The van der Waals surface area contributed by atoms with Crippen molar-refractivity contribution in [2.24, 2.45) is 0 Å². The molecule has 0 aromatic heterocycles. The lowest BCUT2D eigenvalue weighted by molar-refractivity contribution is 0.0674. The van der Waals surface area contributed by atoms with Crippen LogP contribution in [0.15, 0.2) is 18.2 Å². The van der Waals surface area contributed by atoms with Gasteiger partial charge in [-0.2, -0.15) is 0 Å². The average molecular weight is 237 g/mol. The molecule has 3 N–H and O–H groups in total. The smallest absolute Gasteiger partial charge is 0.258 e. The van der Waals surface area contributed by atoms with Gasteiger partial charge in [0.1, 0.15) is 11.5 Å². The molecular weight excluding hydrogens is 222 g/mol. The molecular formula is C12H15NO4. The Labute approximate surface area is 98.9 Å². The molecule has 1 fully saturated rings. The molecule has 1 heterocycles. The summed E-state index contributed by atoms with van der Waals surface area (Å²) in [6.45, 7) is 0.491. The second-order valence-electron chi connectivity index (χ2n) is 4.18. The molecule has 92 valence electrons. The van der Waals surface area contributed by atoms with Crippen LogP contribution in [0.25, 0.3) is 0 Å². The number of aromatic hydroxyl groups is 2. The Kier molecular flexibility index (Phi) is 3.19. The SMILES string of the molecule is O=C(c1cc(O)ccc1O)N1CCC[C@@H]1CO. The van der Waals surface area contributed by atoms with Gasteiger partial charge in [-0.05, 0) is 31.0 Å². The third kappa shape index (κ3) is 2.19. The van der Waals surface area contributed by atoms with Gasteiger partial charge in [0.2, 0.25) is 0 Å². The molecule has 2 rings (SSSR count). The average Bonchev–Trinajstić information content (AvgIpc) is 2.79. The third-order valence-corrected chi connectivity index (χ3v) is 3.06. The first kappa shape index (κ1) is 11.7. The van der Waals surface area contributed by atoms with E-state index in [1.54, 1.807) is 0 Å². The number of aliphatic hydroxyl groups excluding tert-OH is 1. The molecule has 1 aliphatic heterocycles. The molecule has 0 radical (unpaired) electrons. The zero-order valence-electron chi connectivity index (χ0n) is 9.33. The number of aliphatic hydroxyl groups is 1. The van der Waals surface area contributed by atoms with Crippen molar-refractivity contribution in [2.45, 2.75) is 18.9 Å². The van der Waals surface area contributed by atoms with Crippen molar-refractivity contribution >= 4 is 5.91 Å². The molecule has 1 atom stereocenters. The molecule has 1 aromatic carbocycles. The van der Waals surface area contributed by atoms with E-state index in [1.165, 1.54) is 23.1 Å². The van der Waals surface area contributed by atoms with E-state index in [0.717, 1.165) is 12.8 Å². The summed E-state index contributed by atoms with van der Waals surface area (Å²) < 4.78 is 0. The van der Waals surface area contributed by atoms with Crippen LogP contribution in [-0.4, -0.2) is 45.3 Å². The summed E-state index contributed by atoms with van der Waals surface area (Å²) >= 11 is 0. The van der Waals surface area contributed by atoms with E-state index in [-0.39, 0.29) is 35.6 Å². The molecule has 0 spiro atoms. The molecule has 1 aliphatic rings. The van der Waals surface area contributed by atoms with Gasteiger partial charge in [-0.1, -0.05) is 0 Å². The van der Waals surface area contributed by atoms with Gasteiger partial charge in [0.25, 0.3) is 5.91 Å². The number of amides is 1. The van der Waals surface area contributed by atoms with Gasteiger partial charge >= 0.3 is 0 Å². The van der Waals surface area contributed by atoms with Crippen LogP contribution in [0.3, 0.4) is 0 Å². The Hall–Kier alpha value is -1.75. The number of carbonyl (C=O) groups excluding carboxylic acids is 1. The minimum atomic E-state index is -0.352. The van der Waals surface area contributed by atoms with Gasteiger partial charge in [0.15, 0.2) is 0 Å². The lowest BCUT2D eigenvalue weighted by Crippen LogP contribution is -2.37. The van der Waals surface area contributed by atoms with Crippen LogP contribution in [0, 0.1) is 0 Å². The zero-order valence-corrected chi connectivity index (χ0v) is 9.33. The third-order valence-electron chi connectivity index (χ3n) is 3.06. The molecule has 0 bridgehead atoms. The van der Waals surface area contributed by atoms with E-state index < -0.39 is 0 Å². The maximum absolute atomic E-state index is 12.1. The Morgan fingerprint density at radius 1 is 1.41 bits per heavy atom. The number of carbonyl (C=O) groups is 1. The van der Waals surface area contributed by atoms with Crippen LogP contribution in [0.1, 0.15) is 23.2 Å². The number of nitrogens with zero attached hydrogens (tertiary/aromatic N) is 1. The molecule has 0 saturated carbocycles. The highest BCUT2D eigenvalue weighted by Crippen LogP contribution is 2.26. The van der Waals surface area contributed by atoms with Gasteiger partial charge in [-0.15, -0.1) is 0 Å². The van der Waals surface area contributed by atoms with Gasteiger partial charge in [-0.3, -0.25) is 4.79 Å². The number of hydrogen-bond acceptors (Lipinski definition) is 4. The lowest BCUT2D eigenvalue weighted by atomic mass is 10.1. The highest BCUT2D eigenvalue weighted by Gasteiger charge is 2.30. The molecule has 0 unspecified atom stereocenters. The molecule has 17 heavy (non-hydrogen) atoms. The summed E-state index contributed by atoms with van der Waals surface area (Å²) in [5.74, 6) is -0.572. The summed E-state index contributed by atoms with van der Waals surface area (Å²) in [7, 11) is 0. The van der Waals surface area contributed by atoms with Gasteiger partial charge < -0.3 is 20.2 Å². The minimum Gasteiger partial charge on any atom is -0.508 e. The number of benzene rings is 1. The highest BCUT2D eigenvalue weighted by molar-refractivity contribution is 5.97. The maximum Gasteiger partial charge on any atom is 0.258 e. The van der Waals surface area contributed by atoms with E-state index in [2.05, 4.69) is 0 Å². The summed E-state index contributed by atoms with van der Waals surface area (Å²) in [5.41, 5.74) is 0.0744. The Morgan fingerprint density at radius 3 is 2.88 bits per heavy atom. The van der Waals surface area contributed by atoms with Crippen molar-refractivity contribution in [3.05, 3.63) is 23.8 Å². The first-order valence-corrected chi connectivity index (χ1v) is 5.57. The van der Waals surface area contributed by atoms with Gasteiger partial charge in [-0.25, -0.2) is 0 Å². The van der Waals surface area contributed by atoms with E-state index in [1.807, 2.05) is 0 Å². The fourth-order valence-corrected chi connectivity index (χ4v) is 2.14. The molecule has 5 nitrogen and oxygen atoms in total. The number of rotatable bonds is 2. The van der Waals surface area contributed by atoms with Crippen molar-refractivity contribution < 1.29 is 20.1 Å². The topological polar surface area (TPSA) is 81.0 Å².